The van der Waals surface area contributed by atoms with Gasteiger partial charge in [-0.2, -0.15) is 0 Å². The van der Waals surface area contributed by atoms with Crippen molar-refractivity contribution in [2.45, 2.75) is 83.2 Å². The molecular weight excluding hydrogens is 300 g/mol. The number of ether oxygens (including phenoxy) is 1. The van der Waals surface area contributed by atoms with Gasteiger partial charge in [0, 0.05) is 6.42 Å². The maximum Gasteiger partial charge on any atom is 0.308 e. The lowest BCUT2D eigenvalue weighted by molar-refractivity contribution is -0.143. The second-order valence-corrected chi connectivity index (χ2v) is 12.4. The molecule has 5 nitrogen and oxygen atoms in total. The molecule has 0 spiro atoms. The molecule has 0 aromatic heterocycles. The van der Waals surface area contributed by atoms with Crippen molar-refractivity contribution in [1.82, 2.24) is 0 Å². The van der Waals surface area contributed by atoms with Gasteiger partial charge in [-0.15, -0.1) is 0 Å². The molecule has 0 saturated heterocycles. The van der Waals surface area contributed by atoms with Gasteiger partial charge in [0.2, 0.25) is 0 Å². The van der Waals surface area contributed by atoms with E-state index in [4.69, 9.17) is 4.43 Å². The van der Waals surface area contributed by atoms with Crippen molar-refractivity contribution < 1.29 is 24.2 Å². The highest BCUT2D eigenvalue weighted by molar-refractivity contribution is 6.77. The first-order valence-electron chi connectivity index (χ1n) is 8.14. The second-order valence-electron chi connectivity index (χ2n) is 6.95. The van der Waals surface area contributed by atoms with Gasteiger partial charge < -0.3 is 19.4 Å². The Labute approximate surface area is 136 Å². The number of hydrogen-bond acceptors (Lipinski definition) is 5. The summed E-state index contributed by atoms with van der Waals surface area (Å²) in [5, 5.41) is 19.9. The minimum absolute atomic E-state index is 0.103. The molecule has 0 bridgehead atoms. The van der Waals surface area contributed by atoms with Gasteiger partial charge in [-0.3, -0.25) is 4.79 Å². The Morgan fingerprint density at radius 2 is 1.41 bits per heavy atom. The molecule has 2 atom stereocenters. The first-order valence-corrected chi connectivity index (χ1v) is 10.3. The first kappa shape index (κ1) is 21.6. The molecular formula is C16H34O5Si. The Morgan fingerprint density at radius 1 is 0.955 bits per heavy atom. The van der Waals surface area contributed by atoms with Crippen LogP contribution in [0.5, 0.6) is 0 Å². The molecule has 0 aliphatic rings. The molecule has 0 aromatic rings. The van der Waals surface area contributed by atoms with Crippen molar-refractivity contribution in [2.24, 2.45) is 0 Å². The molecule has 0 amide bonds. The van der Waals surface area contributed by atoms with Gasteiger partial charge in [-0.05, 0) is 16.6 Å². The van der Waals surface area contributed by atoms with Crippen LogP contribution in [-0.4, -0.2) is 50.4 Å². The van der Waals surface area contributed by atoms with Gasteiger partial charge in [0.1, 0.15) is 0 Å². The third kappa shape index (κ3) is 5.99. The van der Waals surface area contributed by atoms with Crippen LogP contribution in [0.3, 0.4) is 0 Å². The number of hydrogen-bond donors (Lipinski definition) is 2. The molecule has 6 heteroatoms. The third-order valence-corrected chi connectivity index (χ3v) is 10.5. The number of carbonyl (C=O) groups is 1. The SMILES string of the molecule is COC(=O)C[C@H](O)C[C@@H](O)CO[Si](C(C)C)(C(C)C)C(C)C. The summed E-state index contributed by atoms with van der Waals surface area (Å²) in [6.45, 7) is 13.3. The summed E-state index contributed by atoms with van der Waals surface area (Å²) in [6.07, 6.45) is -1.66. The zero-order valence-electron chi connectivity index (χ0n) is 15.1. The fourth-order valence-electron chi connectivity index (χ4n) is 3.48. The number of rotatable bonds is 10. The lowest BCUT2D eigenvalue weighted by Gasteiger charge is -2.42. The number of aliphatic hydroxyl groups excluding tert-OH is 2. The van der Waals surface area contributed by atoms with Gasteiger partial charge >= 0.3 is 5.97 Å². The van der Waals surface area contributed by atoms with Gasteiger partial charge in [0.25, 0.3) is 0 Å². The van der Waals surface area contributed by atoms with E-state index in [-0.39, 0.29) is 19.4 Å². The molecule has 0 aliphatic heterocycles. The lowest BCUT2D eigenvalue weighted by Crippen LogP contribution is -2.49. The molecule has 0 radical (unpaired) electrons. The van der Waals surface area contributed by atoms with Gasteiger partial charge in [0.05, 0.1) is 32.3 Å². The quantitative estimate of drug-likeness (QED) is 0.474. The monoisotopic (exact) mass is 334 g/mol. The van der Waals surface area contributed by atoms with Crippen LogP contribution >= 0.6 is 0 Å². The van der Waals surface area contributed by atoms with Crippen LogP contribution in [0.4, 0.5) is 0 Å². The summed E-state index contributed by atoms with van der Waals surface area (Å²) in [5.74, 6) is -0.476. The predicted molar refractivity (Wildman–Crippen MR) is 90.3 cm³/mol. The molecule has 0 rings (SSSR count). The molecule has 0 heterocycles. The number of esters is 1. The summed E-state index contributed by atoms with van der Waals surface area (Å²) in [5.41, 5.74) is 1.33. The minimum Gasteiger partial charge on any atom is -0.469 e. The molecule has 0 fully saturated rings. The Hall–Kier alpha value is -0.433. The number of methoxy groups -OCH3 is 1. The molecule has 0 saturated carbocycles. The van der Waals surface area contributed by atoms with Crippen molar-refractivity contribution >= 4 is 14.3 Å². The average molecular weight is 335 g/mol. The van der Waals surface area contributed by atoms with Crippen molar-refractivity contribution in [3.8, 4) is 0 Å². The van der Waals surface area contributed by atoms with Gasteiger partial charge in [-0.1, -0.05) is 41.5 Å². The summed E-state index contributed by atoms with van der Waals surface area (Å²) < 4.78 is 10.8. The van der Waals surface area contributed by atoms with Gasteiger partial charge in [0.15, 0.2) is 8.32 Å². The first-order chi connectivity index (χ1) is 10.1. The second kappa shape index (κ2) is 9.65. The number of carbonyl (C=O) groups excluding carboxylic acids is 1. The maximum atomic E-state index is 11.1. The van der Waals surface area contributed by atoms with Crippen LogP contribution in [0.1, 0.15) is 54.4 Å². The zero-order valence-corrected chi connectivity index (χ0v) is 16.1. The van der Waals surface area contributed by atoms with E-state index >= 15 is 0 Å². The van der Waals surface area contributed by atoms with E-state index in [2.05, 4.69) is 46.3 Å². The minimum atomic E-state index is -2.01. The van der Waals surface area contributed by atoms with Crippen LogP contribution in [0.15, 0.2) is 0 Å². The van der Waals surface area contributed by atoms with Crippen molar-refractivity contribution in [3.05, 3.63) is 0 Å². The van der Waals surface area contributed by atoms with Crippen LogP contribution in [-0.2, 0) is 14.0 Å². The summed E-state index contributed by atoms with van der Waals surface area (Å²) in [7, 11) is -0.733. The van der Waals surface area contributed by atoms with Crippen molar-refractivity contribution in [2.75, 3.05) is 13.7 Å². The molecule has 2 N–H and O–H groups in total. The van der Waals surface area contributed by atoms with Crippen LogP contribution in [0.25, 0.3) is 0 Å². The van der Waals surface area contributed by atoms with Crippen LogP contribution in [0.2, 0.25) is 16.6 Å². The third-order valence-electron chi connectivity index (χ3n) is 4.41. The van der Waals surface area contributed by atoms with E-state index in [9.17, 15) is 15.0 Å². The van der Waals surface area contributed by atoms with Crippen molar-refractivity contribution in [3.63, 3.8) is 0 Å². The van der Waals surface area contributed by atoms with E-state index in [1.165, 1.54) is 7.11 Å². The smallest absolute Gasteiger partial charge is 0.308 e. The fourth-order valence-corrected chi connectivity index (χ4v) is 8.96. The number of aliphatic hydroxyl groups is 2. The average Bonchev–Trinajstić information content (AvgIpc) is 2.37. The highest BCUT2D eigenvalue weighted by atomic mass is 28.4. The Morgan fingerprint density at radius 3 is 1.77 bits per heavy atom. The summed E-state index contributed by atoms with van der Waals surface area (Å²) in [4.78, 5) is 11.1. The molecule has 0 unspecified atom stereocenters. The summed E-state index contributed by atoms with van der Waals surface area (Å²) >= 11 is 0. The highest BCUT2D eigenvalue weighted by Crippen LogP contribution is 2.42. The van der Waals surface area contributed by atoms with E-state index in [0.29, 0.717) is 16.6 Å². The molecule has 132 valence electrons. The topological polar surface area (TPSA) is 76.0 Å². The van der Waals surface area contributed by atoms with E-state index in [1.54, 1.807) is 0 Å². The maximum absolute atomic E-state index is 11.1. The highest BCUT2D eigenvalue weighted by Gasteiger charge is 2.45. The predicted octanol–water partition coefficient (Wildman–Crippen LogP) is 2.85. The van der Waals surface area contributed by atoms with E-state index < -0.39 is 26.5 Å². The summed E-state index contributed by atoms with van der Waals surface area (Å²) in [6, 6.07) is 0. The van der Waals surface area contributed by atoms with E-state index in [1.807, 2.05) is 0 Å². The van der Waals surface area contributed by atoms with E-state index in [0.717, 1.165) is 0 Å². The van der Waals surface area contributed by atoms with Crippen LogP contribution < -0.4 is 0 Å². The van der Waals surface area contributed by atoms with Crippen LogP contribution in [0, 0.1) is 0 Å². The lowest BCUT2D eigenvalue weighted by atomic mass is 10.1. The fraction of sp³-hybridized carbons (Fsp3) is 0.938. The zero-order chi connectivity index (χ0) is 17.5. The Kier molecular flexibility index (Phi) is 9.46. The molecule has 22 heavy (non-hydrogen) atoms. The Balaban J connectivity index is 4.63. The normalized spacial score (nSPS) is 15.5. The standard InChI is InChI=1S/C16H34O5Si/c1-11(2)22(12(3)4,13(5)6)21-10-15(18)8-14(17)9-16(19)20-7/h11-15,17-18H,8-10H2,1-7H3/t14-,15-/m1/s1. The van der Waals surface area contributed by atoms with Crippen molar-refractivity contribution in [1.29, 1.82) is 0 Å². The molecule has 0 aromatic carbocycles. The Bertz CT molecular complexity index is 309. The molecule has 0 aliphatic carbocycles. The van der Waals surface area contributed by atoms with Gasteiger partial charge in [-0.25, -0.2) is 0 Å². The largest absolute Gasteiger partial charge is 0.469 e.